The molecule has 0 radical (unpaired) electrons. The van der Waals surface area contributed by atoms with Crippen molar-refractivity contribution in [2.75, 3.05) is 6.61 Å². The average molecular weight is 155 g/mol. The Morgan fingerprint density at radius 2 is 2.45 bits per heavy atom. The smallest absolute Gasteiger partial charge is 0.0585 e. The zero-order valence-electron chi connectivity index (χ0n) is 7.09. The Labute approximate surface area is 68.1 Å². The first-order valence-corrected chi connectivity index (χ1v) is 4.24. The van der Waals surface area contributed by atoms with Crippen molar-refractivity contribution in [3.63, 3.8) is 0 Å². The first kappa shape index (κ1) is 8.75. The van der Waals surface area contributed by atoms with E-state index >= 15 is 0 Å². The van der Waals surface area contributed by atoms with E-state index in [9.17, 15) is 0 Å². The summed E-state index contributed by atoms with van der Waals surface area (Å²) in [6.45, 7) is 6.19. The minimum Gasteiger partial charge on any atom is -0.395 e. The molecule has 2 nitrogen and oxygen atoms in total. The van der Waals surface area contributed by atoms with Gasteiger partial charge in [-0.05, 0) is 24.7 Å². The second-order valence-corrected chi connectivity index (χ2v) is 3.36. The van der Waals surface area contributed by atoms with Crippen LogP contribution in [0.2, 0.25) is 0 Å². The van der Waals surface area contributed by atoms with Gasteiger partial charge in [0.2, 0.25) is 0 Å². The Hall–Kier alpha value is -0.340. The molecule has 1 fully saturated rings. The van der Waals surface area contributed by atoms with Crippen molar-refractivity contribution in [3.8, 4) is 0 Å². The molecule has 3 N–H and O–H groups in total. The van der Waals surface area contributed by atoms with Gasteiger partial charge < -0.3 is 10.8 Å². The highest BCUT2D eigenvalue weighted by Crippen LogP contribution is 2.45. The monoisotopic (exact) mass is 155 g/mol. The molecule has 0 amide bonds. The second-order valence-electron chi connectivity index (χ2n) is 3.36. The largest absolute Gasteiger partial charge is 0.395 e. The first-order valence-electron chi connectivity index (χ1n) is 4.24. The van der Waals surface area contributed by atoms with Gasteiger partial charge >= 0.3 is 0 Å². The van der Waals surface area contributed by atoms with Gasteiger partial charge in [-0.15, -0.1) is 0 Å². The van der Waals surface area contributed by atoms with E-state index in [1.165, 1.54) is 5.57 Å². The molecule has 0 heterocycles. The molecule has 3 atom stereocenters. The zero-order chi connectivity index (χ0) is 8.43. The highest BCUT2D eigenvalue weighted by atomic mass is 16.3. The molecule has 1 saturated carbocycles. The molecule has 0 saturated heterocycles. The lowest BCUT2D eigenvalue weighted by molar-refractivity contribution is 0.251. The van der Waals surface area contributed by atoms with E-state index in [-0.39, 0.29) is 12.6 Å². The highest BCUT2D eigenvalue weighted by molar-refractivity contribution is 5.13. The van der Waals surface area contributed by atoms with Crippen LogP contribution in [0.25, 0.3) is 0 Å². The van der Waals surface area contributed by atoms with Gasteiger partial charge in [0.1, 0.15) is 0 Å². The lowest BCUT2D eigenvalue weighted by atomic mass is 10.1. The van der Waals surface area contributed by atoms with E-state index in [1.807, 2.05) is 0 Å². The number of hydrogen-bond donors (Lipinski definition) is 2. The molecule has 3 unspecified atom stereocenters. The van der Waals surface area contributed by atoms with Crippen LogP contribution in [-0.2, 0) is 0 Å². The van der Waals surface area contributed by atoms with Crippen LogP contribution < -0.4 is 5.73 Å². The van der Waals surface area contributed by atoms with Gasteiger partial charge in [-0.3, -0.25) is 0 Å². The van der Waals surface area contributed by atoms with Crippen LogP contribution in [0.3, 0.4) is 0 Å². The molecular formula is C9H17NO. The molecule has 1 aliphatic rings. The summed E-state index contributed by atoms with van der Waals surface area (Å²) in [4.78, 5) is 0. The van der Waals surface area contributed by atoms with E-state index in [2.05, 4.69) is 13.5 Å². The molecule has 0 aromatic rings. The molecule has 11 heavy (non-hydrogen) atoms. The maximum Gasteiger partial charge on any atom is 0.0585 e. The number of rotatable bonds is 4. The molecule has 2 heteroatoms. The number of nitrogens with two attached hydrogens (primary N) is 1. The molecule has 1 rings (SSSR count). The molecule has 0 aromatic heterocycles. The van der Waals surface area contributed by atoms with Gasteiger partial charge in [-0.2, -0.15) is 0 Å². The van der Waals surface area contributed by atoms with Gasteiger partial charge in [0.05, 0.1) is 6.61 Å². The van der Waals surface area contributed by atoms with E-state index < -0.39 is 0 Å². The van der Waals surface area contributed by atoms with Crippen LogP contribution in [-0.4, -0.2) is 17.8 Å². The Morgan fingerprint density at radius 1 is 1.82 bits per heavy atom. The Kier molecular flexibility index (Phi) is 2.68. The SMILES string of the molecule is C=C(CC)C1CC1C(N)CO. The predicted octanol–water partition coefficient (Wildman–Crippen LogP) is 0.908. The molecule has 0 aliphatic heterocycles. The van der Waals surface area contributed by atoms with Gasteiger partial charge in [-0.1, -0.05) is 19.1 Å². The standard InChI is InChI=1S/C9H17NO/c1-3-6(2)7-4-8(7)9(10)5-11/h7-9,11H,2-5,10H2,1H3. The molecule has 1 aliphatic carbocycles. The van der Waals surface area contributed by atoms with Crippen molar-refractivity contribution in [1.29, 1.82) is 0 Å². The van der Waals surface area contributed by atoms with Crippen LogP contribution in [0, 0.1) is 11.8 Å². The summed E-state index contributed by atoms with van der Waals surface area (Å²) < 4.78 is 0. The van der Waals surface area contributed by atoms with Crippen molar-refractivity contribution in [3.05, 3.63) is 12.2 Å². The normalized spacial score (nSPS) is 31.5. The topological polar surface area (TPSA) is 46.2 Å². The summed E-state index contributed by atoms with van der Waals surface area (Å²) in [5, 5.41) is 8.76. The fourth-order valence-electron chi connectivity index (χ4n) is 1.55. The van der Waals surface area contributed by atoms with E-state index in [0.717, 1.165) is 12.8 Å². The summed E-state index contributed by atoms with van der Waals surface area (Å²) in [7, 11) is 0. The summed E-state index contributed by atoms with van der Waals surface area (Å²) in [6, 6.07) is -0.0247. The van der Waals surface area contributed by atoms with Gasteiger partial charge in [-0.25, -0.2) is 0 Å². The van der Waals surface area contributed by atoms with Gasteiger partial charge in [0.25, 0.3) is 0 Å². The zero-order valence-corrected chi connectivity index (χ0v) is 7.09. The highest BCUT2D eigenvalue weighted by Gasteiger charge is 2.41. The third-order valence-electron chi connectivity index (χ3n) is 2.58. The van der Waals surface area contributed by atoms with Gasteiger partial charge in [0.15, 0.2) is 0 Å². The second kappa shape index (κ2) is 3.37. The summed E-state index contributed by atoms with van der Waals surface area (Å²) in [6.07, 6.45) is 2.17. The average Bonchev–Trinajstić information content (AvgIpc) is 2.80. The van der Waals surface area contributed by atoms with Crippen molar-refractivity contribution in [1.82, 2.24) is 0 Å². The first-order chi connectivity index (χ1) is 5.20. The predicted molar refractivity (Wildman–Crippen MR) is 46.1 cm³/mol. The molecule has 0 bridgehead atoms. The van der Waals surface area contributed by atoms with Crippen LogP contribution in [0.4, 0.5) is 0 Å². The van der Waals surface area contributed by atoms with Crippen molar-refractivity contribution < 1.29 is 5.11 Å². The van der Waals surface area contributed by atoms with Crippen LogP contribution in [0.1, 0.15) is 19.8 Å². The third-order valence-corrected chi connectivity index (χ3v) is 2.58. The Bertz CT molecular complexity index is 156. The molecule has 0 aromatic carbocycles. The summed E-state index contributed by atoms with van der Waals surface area (Å²) >= 11 is 0. The summed E-state index contributed by atoms with van der Waals surface area (Å²) in [5.74, 6) is 1.11. The minimum atomic E-state index is -0.0247. The minimum absolute atomic E-state index is 0.0247. The lowest BCUT2D eigenvalue weighted by Gasteiger charge is -2.07. The van der Waals surface area contributed by atoms with E-state index in [1.54, 1.807) is 0 Å². The molecule has 0 spiro atoms. The van der Waals surface area contributed by atoms with Crippen molar-refractivity contribution in [2.45, 2.75) is 25.8 Å². The lowest BCUT2D eigenvalue weighted by Crippen LogP contribution is -2.27. The molecular weight excluding hydrogens is 138 g/mol. The maximum absolute atomic E-state index is 8.76. The van der Waals surface area contributed by atoms with Crippen LogP contribution in [0.15, 0.2) is 12.2 Å². The number of allylic oxidation sites excluding steroid dienone is 1. The fourth-order valence-corrected chi connectivity index (χ4v) is 1.55. The van der Waals surface area contributed by atoms with E-state index in [0.29, 0.717) is 11.8 Å². The van der Waals surface area contributed by atoms with Crippen LogP contribution >= 0.6 is 0 Å². The Morgan fingerprint density at radius 3 is 2.91 bits per heavy atom. The van der Waals surface area contributed by atoms with Crippen LogP contribution in [0.5, 0.6) is 0 Å². The molecule has 64 valence electrons. The Balaban J connectivity index is 2.31. The number of aliphatic hydroxyl groups excluding tert-OH is 1. The number of aliphatic hydroxyl groups is 1. The number of hydrogen-bond acceptors (Lipinski definition) is 2. The quantitative estimate of drug-likeness (QED) is 0.593. The van der Waals surface area contributed by atoms with E-state index in [4.69, 9.17) is 10.8 Å². The van der Waals surface area contributed by atoms with Crippen molar-refractivity contribution in [2.24, 2.45) is 17.6 Å². The maximum atomic E-state index is 8.76. The fraction of sp³-hybridized carbons (Fsp3) is 0.778. The van der Waals surface area contributed by atoms with Crippen molar-refractivity contribution >= 4 is 0 Å². The summed E-state index contributed by atoms with van der Waals surface area (Å²) in [5.41, 5.74) is 6.96. The third kappa shape index (κ3) is 1.82. The van der Waals surface area contributed by atoms with Gasteiger partial charge in [0, 0.05) is 6.04 Å².